The number of aromatic nitrogens is 2. The van der Waals surface area contributed by atoms with E-state index in [0.29, 0.717) is 6.04 Å². The summed E-state index contributed by atoms with van der Waals surface area (Å²) >= 11 is 0. The lowest BCUT2D eigenvalue weighted by Crippen LogP contribution is -2.55. The average molecular weight is 381 g/mol. The van der Waals surface area contributed by atoms with Crippen LogP contribution in [0, 0.1) is 6.92 Å². The third-order valence-electron chi connectivity index (χ3n) is 4.86. The highest BCUT2D eigenvalue weighted by Gasteiger charge is 2.30. The van der Waals surface area contributed by atoms with Crippen molar-refractivity contribution in [2.24, 2.45) is 0 Å². The Labute approximate surface area is 162 Å². The van der Waals surface area contributed by atoms with Crippen LogP contribution in [0.25, 0.3) is 21.9 Å². The molecule has 1 unspecified atom stereocenters. The predicted octanol–water partition coefficient (Wildman–Crippen LogP) is 3.78. The summed E-state index contributed by atoms with van der Waals surface area (Å²) in [5.41, 5.74) is 4.40. The van der Waals surface area contributed by atoms with E-state index in [9.17, 15) is 4.21 Å². The fourth-order valence-corrected chi connectivity index (χ4v) is 4.73. The lowest BCUT2D eigenvalue weighted by Gasteiger charge is -2.39. The molecule has 0 spiro atoms. The number of nitrogens with one attached hydrogen (secondary N) is 1. The molecule has 0 amide bonds. The molecule has 3 aromatic rings. The van der Waals surface area contributed by atoms with Crippen molar-refractivity contribution < 1.29 is 4.21 Å². The fraction of sp³-hybridized carbons (Fsp3) is 0.333. The molecular formula is C21H24N4OS. The smallest absolute Gasteiger partial charge is 0.0943 e. The SMILES string of the molecule is CCCS(=O)N1CC(Nc2cc(-c3ccnc(C)c3)cc3ccncc23)C1. The summed E-state index contributed by atoms with van der Waals surface area (Å²) in [6, 6.07) is 10.9. The third-order valence-corrected chi connectivity index (χ3v) is 6.49. The molecule has 1 aliphatic rings. The summed E-state index contributed by atoms with van der Waals surface area (Å²) < 4.78 is 14.1. The van der Waals surface area contributed by atoms with Crippen molar-refractivity contribution in [3.05, 3.63) is 54.6 Å². The van der Waals surface area contributed by atoms with Crippen molar-refractivity contribution in [2.75, 3.05) is 24.2 Å². The summed E-state index contributed by atoms with van der Waals surface area (Å²) in [5.74, 6) is 0.746. The van der Waals surface area contributed by atoms with Crippen molar-refractivity contribution in [2.45, 2.75) is 26.3 Å². The van der Waals surface area contributed by atoms with Crippen molar-refractivity contribution >= 4 is 27.4 Å². The normalized spacial score (nSPS) is 16.2. The van der Waals surface area contributed by atoms with Crippen molar-refractivity contribution in [3.63, 3.8) is 0 Å². The van der Waals surface area contributed by atoms with Crippen LogP contribution in [0.3, 0.4) is 0 Å². The van der Waals surface area contributed by atoms with Gasteiger partial charge in [0.05, 0.1) is 17.0 Å². The molecule has 4 rings (SSSR count). The first-order chi connectivity index (χ1) is 13.1. The summed E-state index contributed by atoms with van der Waals surface area (Å²) in [5, 5.41) is 5.91. The van der Waals surface area contributed by atoms with Crippen LogP contribution in [0.4, 0.5) is 5.69 Å². The van der Waals surface area contributed by atoms with Crippen LogP contribution in [0.2, 0.25) is 0 Å². The summed E-state index contributed by atoms with van der Waals surface area (Å²) in [6.45, 7) is 5.70. The molecule has 1 saturated heterocycles. The molecule has 0 radical (unpaired) electrons. The molecule has 1 N–H and O–H groups in total. The Kier molecular flexibility index (Phi) is 5.18. The quantitative estimate of drug-likeness (QED) is 0.707. The van der Waals surface area contributed by atoms with Gasteiger partial charge in [-0.3, -0.25) is 9.97 Å². The van der Waals surface area contributed by atoms with E-state index in [1.54, 1.807) is 0 Å². The molecule has 1 atom stereocenters. The number of nitrogens with zero attached hydrogens (tertiary/aromatic N) is 3. The average Bonchev–Trinajstić information content (AvgIpc) is 2.64. The van der Waals surface area contributed by atoms with Crippen LogP contribution >= 0.6 is 0 Å². The van der Waals surface area contributed by atoms with E-state index in [4.69, 9.17) is 0 Å². The van der Waals surface area contributed by atoms with Gasteiger partial charge in [-0.1, -0.05) is 6.92 Å². The first-order valence-corrected chi connectivity index (χ1v) is 10.6. The van der Waals surface area contributed by atoms with Crippen LogP contribution in [0.5, 0.6) is 0 Å². The minimum atomic E-state index is -0.847. The Balaban J connectivity index is 1.61. The maximum atomic E-state index is 12.1. The van der Waals surface area contributed by atoms with Gasteiger partial charge >= 0.3 is 0 Å². The van der Waals surface area contributed by atoms with E-state index in [1.807, 2.05) is 42.0 Å². The van der Waals surface area contributed by atoms with E-state index in [0.717, 1.165) is 58.5 Å². The minimum Gasteiger partial charge on any atom is -0.379 e. The lowest BCUT2D eigenvalue weighted by atomic mass is 10.00. The van der Waals surface area contributed by atoms with E-state index in [2.05, 4.69) is 40.4 Å². The van der Waals surface area contributed by atoms with Gasteiger partial charge in [-0.2, -0.15) is 0 Å². The van der Waals surface area contributed by atoms with Gasteiger partial charge in [-0.25, -0.2) is 8.51 Å². The van der Waals surface area contributed by atoms with Crippen LogP contribution in [-0.4, -0.2) is 43.4 Å². The zero-order valence-electron chi connectivity index (χ0n) is 15.7. The maximum Gasteiger partial charge on any atom is 0.0943 e. The van der Waals surface area contributed by atoms with Crippen LogP contribution < -0.4 is 5.32 Å². The Morgan fingerprint density at radius 2 is 2.04 bits per heavy atom. The molecule has 27 heavy (non-hydrogen) atoms. The fourth-order valence-electron chi connectivity index (χ4n) is 3.43. The third kappa shape index (κ3) is 3.87. The Bertz CT molecular complexity index is 985. The summed E-state index contributed by atoms with van der Waals surface area (Å²) in [6.07, 6.45) is 6.53. The molecule has 3 heterocycles. The highest BCUT2D eigenvalue weighted by atomic mass is 32.2. The van der Waals surface area contributed by atoms with Gasteiger partial charge in [-0.15, -0.1) is 0 Å². The molecule has 1 aromatic carbocycles. The highest BCUT2D eigenvalue weighted by Crippen LogP contribution is 2.32. The van der Waals surface area contributed by atoms with Gasteiger partial charge in [0, 0.05) is 54.2 Å². The lowest BCUT2D eigenvalue weighted by molar-refractivity contribution is 0.296. The second-order valence-electron chi connectivity index (χ2n) is 7.02. The van der Waals surface area contributed by atoms with Crippen molar-refractivity contribution in [1.29, 1.82) is 0 Å². The monoisotopic (exact) mass is 380 g/mol. The molecule has 140 valence electrons. The van der Waals surface area contributed by atoms with Crippen LogP contribution in [0.1, 0.15) is 19.0 Å². The molecule has 0 saturated carbocycles. The Hall–Kier alpha value is -2.31. The summed E-state index contributed by atoms with van der Waals surface area (Å²) in [7, 11) is -0.847. The van der Waals surface area contributed by atoms with Gasteiger partial charge < -0.3 is 5.32 Å². The van der Waals surface area contributed by atoms with Crippen LogP contribution in [-0.2, 0) is 11.0 Å². The highest BCUT2D eigenvalue weighted by molar-refractivity contribution is 7.82. The standard InChI is InChI=1S/C21H24N4OS/c1-3-8-27(26)25-13-19(14-25)24-21-11-18(16-5-7-23-15(2)9-16)10-17-4-6-22-12-20(17)21/h4-7,9-12,19,24H,3,8,13-14H2,1-2H3. The van der Waals surface area contributed by atoms with E-state index in [-0.39, 0.29) is 0 Å². The van der Waals surface area contributed by atoms with Crippen LogP contribution in [0.15, 0.2) is 48.9 Å². The summed E-state index contributed by atoms with van der Waals surface area (Å²) in [4.78, 5) is 8.60. The molecule has 1 fully saturated rings. The first kappa shape index (κ1) is 18.1. The van der Waals surface area contributed by atoms with E-state index >= 15 is 0 Å². The van der Waals surface area contributed by atoms with E-state index < -0.39 is 11.0 Å². The number of fused-ring (bicyclic) bond motifs is 1. The van der Waals surface area contributed by atoms with Gasteiger partial charge in [0.25, 0.3) is 0 Å². The number of rotatable bonds is 6. The topological polar surface area (TPSA) is 58.1 Å². The van der Waals surface area contributed by atoms with E-state index in [1.165, 1.54) is 0 Å². The van der Waals surface area contributed by atoms with Gasteiger partial charge in [0.15, 0.2) is 0 Å². The molecule has 5 nitrogen and oxygen atoms in total. The number of aryl methyl sites for hydroxylation is 1. The number of hydrogen-bond acceptors (Lipinski definition) is 4. The molecule has 0 aliphatic carbocycles. The minimum absolute atomic E-state index is 0.309. The Morgan fingerprint density at radius 1 is 1.19 bits per heavy atom. The second kappa shape index (κ2) is 7.74. The Morgan fingerprint density at radius 3 is 2.81 bits per heavy atom. The number of hydrogen-bond donors (Lipinski definition) is 1. The van der Waals surface area contributed by atoms with Crippen molar-refractivity contribution in [3.8, 4) is 11.1 Å². The number of pyridine rings is 2. The molecule has 6 heteroatoms. The number of benzene rings is 1. The zero-order chi connectivity index (χ0) is 18.8. The largest absolute Gasteiger partial charge is 0.379 e. The molecular weight excluding hydrogens is 356 g/mol. The molecule has 0 bridgehead atoms. The van der Waals surface area contributed by atoms with Gasteiger partial charge in [0.1, 0.15) is 0 Å². The molecule has 2 aromatic heterocycles. The zero-order valence-corrected chi connectivity index (χ0v) is 16.5. The van der Waals surface area contributed by atoms with Crippen molar-refractivity contribution in [1.82, 2.24) is 14.3 Å². The predicted molar refractivity (Wildman–Crippen MR) is 112 cm³/mol. The van der Waals surface area contributed by atoms with Gasteiger partial charge in [-0.05, 0) is 60.2 Å². The van der Waals surface area contributed by atoms with Gasteiger partial charge in [0.2, 0.25) is 0 Å². The molecule has 1 aliphatic heterocycles. The second-order valence-corrected chi connectivity index (χ2v) is 8.59. The first-order valence-electron chi connectivity index (χ1n) is 9.35. The number of anilines is 1. The maximum absolute atomic E-state index is 12.1.